The molecule has 68 valence electrons. The summed E-state index contributed by atoms with van der Waals surface area (Å²) in [6.07, 6.45) is 8.49. The van der Waals surface area contributed by atoms with Crippen LogP contribution in [0.25, 0.3) is 0 Å². The van der Waals surface area contributed by atoms with Gasteiger partial charge in [-0.1, -0.05) is 12.2 Å². The zero-order valence-electron chi connectivity index (χ0n) is 7.20. The highest BCUT2D eigenvalue weighted by Gasteiger charge is 2.11. The normalized spacial score (nSPS) is 16.4. The summed E-state index contributed by atoms with van der Waals surface area (Å²) in [6.45, 7) is 0. The topological polar surface area (TPSA) is 24.9 Å². The molecular weight excluding hydrogens is 275 g/mol. The molecule has 0 atom stereocenters. The van der Waals surface area contributed by atoms with Gasteiger partial charge in [0.05, 0.1) is 3.57 Å². The summed E-state index contributed by atoms with van der Waals surface area (Å²) in [5.74, 6) is 1.01. The number of nitrogens with zero attached hydrogens (tertiary/aromatic N) is 1. The van der Waals surface area contributed by atoms with Crippen LogP contribution in [0.2, 0.25) is 0 Å². The Hall–Kier alpha value is -0.580. The van der Waals surface area contributed by atoms with Crippen LogP contribution in [0.15, 0.2) is 30.5 Å². The van der Waals surface area contributed by atoms with Crippen molar-refractivity contribution in [2.75, 3.05) is 5.32 Å². The zero-order valence-corrected chi connectivity index (χ0v) is 9.36. The Morgan fingerprint density at radius 3 is 2.85 bits per heavy atom. The van der Waals surface area contributed by atoms with Crippen LogP contribution in [0.5, 0.6) is 0 Å². The first-order valence-corrected chi connectivity index (χ1v) is 5.46. The minimum Gasteiger partial charge on any atom is -0.366 e. The average Bonchev–Trinajstić information content (AvgIpc) is 2.61. The molecule has 1 N–H and O–H groups in total. The monoisotopic (exact) mass is 286 g/mol. The van der Waals surface area contributed by atoms with E-state index < -0.39 is 0 Å². The molecule has 0 amide bonds. The van der Waals surface area contributed by atoms with Crippen LogP contribution < -0.4 is 5.32 Å². The Morgan fingerprint density at radius 2 is 2.15 bits per heavy atom. The summed E-state index contributed by atoms with van der Waals surface area (Å²) in [6, 6.07) is 4.57. The second-order valence-corrected chi connectivity index (χ2v) is 4.28. The van der Waals surface area contributed by atoms with Gasteiger partial charge in [0.15, 0.2) is 0 Å². The maximum Gasteiger partial charge on any atom is 0.139 e. The number of hydrogen-bond donors (Lipinski definition) is 1. The SMILES string of the molecule is Ic1cccnc1NC1CC=CC1. The Morgan fingerprint density at radius 1 is 1.38 bits per heavy atom. The lowest BCUT2D eigenvalue weighted by atomic mass is 10.2. The van der Waals surface area contributed by atoms with Gasteiger partial charge in [0, 0.05) is 12.2 Å². The van der Waals surface area contributed by atoms with Gasteiger partial charge in [-0.05, 0) is 47.6 Å². The second-order valence-electron chi connectivity index (χ2n) is 3.12. The van der Waals surface area contributed by atoms with Gasteiger partial charge in [-0.25, -0.2) is 4.98 Å². The van der Waals surface area contributed by atoms with Crippen molar-refractivity contribution >= 4 is 28.4 Å². The summed E-state index contributed by atoms with van der Waals surface area (Å²) in [4.78, 5) is 4.30. The molecule has 0 saturated heterocycles. The van der Waals surface area contributed by atoms with Crippen LogP contribution in [-0.4, -0.2) is 11.0 Å². The number of rotatable bonds is 2. The predicted molar refractivity (Wildman–Crippen MR) is 62.7 cm³/mol. The van der Waals surface area contributed by atoms with Crippen molar-refractivity contribution in [1.29, 1.82) is 0 Å². The van der Waals surface area contributed by atoms with E-state index in [2.05, 4.69) is 51.1 Å². The highest BCUT2D eigenvalue weighted by atomic mass is 127. The minimum absolute atomic E-state index is 0.545. The van der Waals surface area contributed by atoms with Crippen LogP contribution >= 0.6 is 22.6 Å². The van der Waals surface area contributed by atoms with Crippen molar-refractivity contribution in [3.63, 3.8) is 0 Å². The molecule has 2 nitrogen and oxygen atoms in total. The number of halogens is 1. The summed E-state index contributed by atoms with van der Waals surface area (Å²) < 4.78 is 1.19. The number of anilines is 1. The lowest BCUT2D eigenvalue weighted by Gasteiger charge is -2.13. The molecule has 13 heavy (non-hydrogen) atoms. The van der Waals surface area contributed by atoms with Crippen molar-refractivity contribution in [1.82, 2.24) is 4.98 Å². The van der Waals surface area contributed by atoms with E-state index in [4.69, 9.17) is 0 Å². The molecule has 0 radical (unpaired) electrons. The first-order chi connectivity index (χ1) is 6.36. The van der Waals surface area contributed by atoms with Crippen molar-refractivity contribution < 1.29 is 0 Å². The maximum absolute atomic E-state index is 4.30. The first kappa shape index (κ1) is 8.99. The van der Waals surface area contributed by atoms with E-state index in [0.717, 1.165) is 18.7 Å². The summed E-state index contributed by atoms with van der Waals surface area (Å²) >= 11 is 2.30. The molecule has 1 aliphatic carbocycles. The summed E-state index contributed by atoms with van der Waals surface area (Å²) in [7, 11) is 0. The number of hydrogen-bond acceptors (Lipinski definition) is 2. The lowest BCUT2D eigenvalue weighted by molar-refractivity contribution is 0.780. The van der Waals surface area contributed by atoms with Gasteiger partial charge in [-0.2, -0.15) is 0 Å². The van der Waals surface area contributed by atoms with Gasteiger partial charge in [0.25, 0.3) is 0 Å². The Kier molecular flexibility index (Phi) is 2.83. The molecule has 1 aliphatic rings. The van der Waals surface area contributed by atoms with Crippen LogP contribution in [-0.2, 0) is 0 Å². The predicted octanol–water partition coefficient (Wildman–Crippen LogP) is 2.82. The second kappa shape index (κ2) is 4.09. The smallest absolute Gasteiger partial charge is 0.139 e. The van der Waals surface area contributed by atoms with Crippen LogP contribution in [0.3, 0.4) is 0 Å². The first-order valence-electron chi connectivity index (χ1n) is 4.38. The van der Waals surface area contributed by atoms with Crippen LogP contribution in [0.1, 0.15) is 12.8 Å². The molecule has 0 saturated carbocycles. The fourth-order valence-corrected chi connectivity index (χ4v) is 1.92. The molecule has 0 spiro atoms. The third-order valence-corrected chi connectivity index (χ3v) is 2.98. The Labute approximate surface area is 91.6 Å². The van der Waals surface area contributed by atoms with E-state index in [9.17, 15) is 0 Å². The highest BCUT2D eigenvalue weighted by molar-refractivity contribution is 14.1. The molecule has 0 aliphatic heterocycles. The largest absolute Gasteiger partial charge is 0.366 e. The number of pyridine rings is 1. The molecule has 1 heterocycles. The van der Waals surface area contributed by atoms with E-state index in [1.54, 1.807) is 0 Å². The third-order valence-electron chi connectivity index (χ3n) is 2.11. The van der Waals surface area contributed by atoms with Gasteiger partial charge in [0.1, 0.15) is 5.82 Å². The molecular formula is C10H11IN2. The van der Waals surface area contributed by atoms with Crippen molar-refractivity contribution in [3.8, 4) is 0 Å². The molecule has 1 aromatic heterocycles. The van der Waals surface area contributed by atoms with E-state index >= 15 is 0 Å². The quantitative estimate of drug-likeness (QED) is 0.668. The van der Waals surface area contributed by atoms with Gasteiger partial charge in [-0.3, -0.25) is 0 Å². The molecule has 2 rings (SSSR count). The van der Waals surface area contributed by atoms with E-state index in [1.807, 2.05) is 12.3 Å². The molecule has 3 heteroatoms. The van der Waals surface area contributed by atoms with Gasteiger partial charge >= 0.3 is 0 Å². The molecule has 0 unspecified atom stereocenters. The number of nitrogens with one attached hydrogen (secondary N) is 1. The summed E-state index contributed by atoms with van der Waals surface area (Å²) in [5.41, 5.74) is 0. The van der Waals surface area contributed by atoms with Gasteiger partial charge < -0.3 is 5.32 Å². The van der Waals surface area contributed by atoms with Crippen LogP contribution in [0.4, 0.5) is 5.82 Å². The third kappa shape index (κ3) is 2.21. The molecule has 1 aromatic rings. The van der Waals surface area contributed by atoms with E-state index in [0.29, 0.717) is 6.04 Å². The molecule has 0 fully saturated rings. The number of aromatic nitrogens is 1. The summed E-state index contributed by atoms with van der Waals surface area (Å²) in [5, 5.41) is 3.43. The average molecular weight is 286 g/mol. The van der Waals surface area contributed by atoms with Crippen molar-refractivity contribution in [3.05, 3.63) is 34.1 Å². The fourth-order valence-electron chi connectivity index (χ4n) is 1.42. The molecule has 0 aromatic carbocycles. The van der Waals surface area contributed by atoms with Crippen molar-refractivity contribution in [2.24, 2.45) is 0 Å². The Bertz CT molecular complexity index is 314. The lowest BCUT2D eigenvalue weighted by Crippen LogP contribution is -2.16. The Balaban J connectivity index is 2.05. The zero-order chi connectivity index (χ0) is 9.10. The van der Waals surface area contributed by atoms with Crippen molar-refractivity contribution in [2.45, 2.75) is 18.9 Å². The van der Waals surface area contributed by atoms with E-state index in [-0.39, 0.29) is 0 Å². The maximum atomic E-state index is 4.30. The van der Waals surface area contributed by atoms with Gasteiger partial charge in [-0.15, -0.1) is 0 Å². The minimum atomic E-state index is 0.545. The van der Waals surface area contributed by atoms with E-state index in [1.165, 1.54) is 3.57 Å². The van der Waals surface area contributed by atoms with Gasteiger partial charge in [0.2, 0.25) is 0 Å². The van der Waals surface area contributed by atoms with Crippen LogP contribution in [0, 0.1) is 3.57 Å². The standard InChI is InChI=1S/C10H11IN2/c11-9-6-3-7-12-10(9)13-8-4-1-2-5-8/h1-3,6-8H,4-5H2,(H,12,13). The highest BCUT2D eigenvalue weighted by Crippen LogP contribution is 2.19. The molecule has 0 bridgehead atoms. The fraction of sp³-hybridized carbons (Fsp3) is 0.300.